The summed E-state index contributed by atoms with van der Waals surface area (Å²) in [5.41, 5.74) is 4.29. The van der Waals surface area contributed by atoms with Gasteiger partial charge in [-0.2, -0.15) is 0 Å². The van der Waals surface area contributed by atoms with Crippen LogP contribution in [0.15, 0.2) is 24.3 Å². The lowest BCUT2D eigenvalue weighted by Gasteiger charge is -2.26. The molecule has 6 nitrogen and oxygen atoms in total. The number of carbonyl (C=O) groups is 1. The molecule has 1 amide bonds. The van der Waals surface area contributed by atoms with Crippen molar-refractivity contribution in [3.63, 3.8) is 0 Å². The maximum atomic E-state index is 12.6. The molecule has 0 saturated carbocycles. The maximum absolute atomic E-state index is 12.6. The number of amides is 1. The standard InChI is InChI=1S/C24H30N2O4S/c1-5-15-11-19(21(28)12-20(15)27)24(29)25-13-17(31)10-16-6-7-22(30-4)23-18(16)8-9-26(23)14(2)3/h6-7,11-12,14,27-28H,5,8-10,13H2,1-4H3,(H,25,29). The van der Waals surface area contributed by atoms with Crippen LogP contribution in [0.3, 0.4) is 0 Å². The van der Waals surface area contributed by atoms with E-state index in [-0.39, 0.29) is 23.6 Å². The predicted molar refractivity (Wildman–Crippen MR) is 127 cm³/mol. The van der Waals surface area contributed by atoms with Gasteiger partial charge in [0.1, 0.15) is 17.2 Å². The Morgan fingerprint density at radius 2 is 1.97 bits per heavy atom. The van der Waals surface area contributed by atoms with Gasteiger partial charge in [-0.15, -0.1) is 0 Å². The molecule has 0 atom stereocenters. The number of aromatic hydroxyl groups is 2. The third-order valence-electron chi connectivity index (χ3n) is 5.73. The van der Waals surface area contributed by atoms with E-state index in [4.69, 9.17) is 17.0 Å². The number of aryl methyl sites for hydroxylation is 1. The number of anilines is 1. The minimum Gasteiger partial charge on any atom is -0.508 e. The van der Waals surface area contributed by atoms with Crippen molar-refractivity contribution >= 4 is 28.7 Å². The van der Waals surface area contributed by atoms with E-state index in [0.29, 0.717) is 29.3 Å². The van der Waals surface area contributed by atoms with Crippen LogP contribution in [0.5, 0.6) is 17.2 Å². The Balaban J connectivity index is 1.71. The Bertz CT molecular complexity index is 1000. The van der Waals surface area contributed by atoms with Crippen LogP contribution < -0.4 is 15.0 Å². The molecule has 0 aromatic heterocycles. The van der Waals surface area contributed by atoms with E-state index >= 15 is 0 Å². The molecule has 1 heterocycles. The van der Waals surface area contributed by atoms with E-state index < -0.39 is 5.91 Å². The second-order valence-corrected chi connectivity index (χ2v) is 8.62. The van der Waals surface area contributed by atoms with Crippen molar-refractivity contribution in [2.45, 2.75) is 46.1 Å². The van der Waals surface area contributed by atoms with Gasteiger partial charge < -0.3 is 25.2 Å². The van der Waals surface area contributed by atoms with E-state index in [0.717, 1.165) is 30.0 Å². The second-order valence-electron chi connectivity index (χ2n) is 8.04. The van der Waals surface area contributed by atoms with Crippen LogP contribution in [0.25, 0.3) is 0 Å². The van der Waals surface area contributed by atoms with Crippen molar-refractivity contribution in [3.05, 3.63) is 46.5 Å². The smallest absolute Gasteiger partial charge is 0.255 e. The molecule has 166 valence electrons. The number of thiocarbonyl (C=S) groups is 1. The van der Waals surface area contributed by atoms with Crippen molar-refractivity contribution in [1.29, 1.82) is 0 Å². The van der Waals surface area contributed by atoms with Gasteiger partial charge in [0, 0.05) is 36.5 Å². The van der Waals surface area contributed by atoms with Gasteiger partial charge in [-0.05, 0) is 55.5 Å². The van der Waals surface area contributed by atoms with Gasteiger partial charge in [0.25, 0.3) is 5.91 Å². The summed E-state index contributed by atoms with van der Waals surface area (Å²) in [6.07, 6.45) is 2.08. The lowest BCUT2D eigenvalue weighted by atomic mass is 9.99. The topological polar surface area (TPSA) is 82.0 Å². The Kier molecular flexibility index (Phi) is 7.05. The lowest BCUT2D eigenvalue weighted by molar-refractivity contribution is 0.0956. The van der Waals surface area contributed by atoms with Crippen molar-refractivity contribution < 1.29 is 19.7 Å². The summed E-state index contributed by atoms with van der Waals surface area (Å²) in [4.78, 5) is 15.6. The molecule has 0 aliphatic carbocycles. The van der Waals surface area contributed by atoms with Crippen LogP contribution in [0, 0.1) is 0 Å². The summed E-state index contributed by atoms with van der Waals surface area (Å²) in [5, 5.41) is 22.6. The summed E-state index contributed by atoms with van der Waals surface area (Å²) < 4.78 is 5.59. The highest BCUT2D eigenvalue weighted by Crippen LogP contribution is 2.40. The zero-order chi connectivity index (χ0) is 22.7. The number of ether oxygens (including phenoxy) is 1. The number of rotatable bonds is 8. The van der Waals surface area contributed by atoms with Gasteiger partial charge in [0.05, 0.1) is 18.4 Å². The first kappa shape index (κ1) is 22.9. The molecule has 0 fully saturated rings. The van der Waals surface area contributed by atoms with Crippen LogP contribution in [-0.4, -0.2) is 47.2 Å². The van der Waals surface area contributed by atoms with Crippen LogP contribution in [0.4, 0.5) is 5.69 Å². The molecule has 3 N–H and O–H groups in total. The van der Waals surface area contributed by atoms with Gasteiger partial charge in [-0.1, -0.05) is 25.2 Å². The number of carbonyl (C=O) groups excluding carboxylic acids is 1. The van der Waals surface area contributed by atoms with Gasteiger partial charge in [-0.25, -0.2) is 0 Å². The van der Waals surface area contributed by atoms with E-state index in [1.54, 1.807) is 7.11 Å². The third kappa shape index (κ3) is 4.77. The fourth-order valence-electron chi connectivity index (χ4n) is 4.08. The summed E-state index contributed by atoms with van der Waals surface area (Å²) in [7, 11) is 1.69. The fraction of sp³-hybridized carbons (Fsp3) is 0.417. The molecular formula is C24H30N2O4S. The van der Waals surface area contributed by atoms with E-state index in [2.05, 4.69) is 30.1 Å². The lowest BCUT2D eigenvalue weighted by Crippen LogP contribution is -2.30. The molecule has 0 saturated heterocycles. The number of methoxy groups -OCH3 is 1. The largest absolute Gasteiger partial charge is 0.508 e. The Morgan fingerprint density at radius 1 is 1.23 bits per heavy atom. The first-order chi connectivity index (χ1) is 14.8. The molecule has 31 heavy (non-hydrogen) atoms. The quantitative estimate of drug-likeness (QED) is 0.540. The molecule has 7 heteroatoms. The number of phenols is 2. The number of benzene rings is 2. The number of fused-ring (bicyclic) bond motifs is 1. The molecule has 2 aromatic rings. The highest BCUT2D eigenvalue weighted by atomic mass is 32.1. The maximum Gasteiger partial charge on any atom is 0.255 e. The summed E-state index contributed by atoms with van der Waals surface area (Å²) in [6, 6.07) is 7.13. The van der Waals surface area contributed by atoms with Crippen LogP contribution in [-0.2, 0) is 19.3 Å². The van der Waals surface area contributed by atoms with E-state index in [1.807, 2.05) is 13.0 Å². The number of hydrogen-bond donors (Lipinski definition) is 3. The van der Waals surface area contributed by atoms with Crippen molar-refractivity contribution in [3.8, 4) is 17.2 Å². The number of nitrogens with zero attached hydrogens (tertiary/aromatic N) is 1. The number of phenolic OH excluding ortho intramolecular Hbond substituents is 2. The molecule has 2 aromatic carbocycles. The van der Waals surface area contributed by atoms with E-state index in [1.165, 1.54) is 17.7 Å². The van der Waals surface area contributed by atoms with E-state index in [9.17, 15) is 15.0 Å². The molecule has 3 rings (SSSR count). The Labute approximate surface area is 188 Å². The average molecular weight is 443 g/mol. The fourth-order valence-corrected chi connectivity index (χ4v) is 4.31. The molecule has 0 bridgehead atoms. The van der Waals surface area contributed by atoms with Crippen LogP contribution in [0.1, 0.15) is 47.8 Å². The van der Waals surface area contributed by atoms with Crippen molar-refractivity contribution in [2.75, 3.05) is 25.1 Å². The van der Waals surface area contributed by atoms with Gasteiger partial charge in [-0.3, -0.25) is 4.79 Å². The van der Waals surface area contributed by atoms with Gasteiger partial charge in [0.15, 0.2) is 0 Å². The summed E-state index contributed by atoms with van der Waals surface area (Å²) >= 11 is 5.56. The molecule has 0 spiro atoms. The highest BCUT2D eigenvalue weighted by Gasteiger charge is 2.27. The average Bonchev–Trinajstić information content (AvgIpc) is 3.18. The van der Waals surface area contributed by atoms with Gasteiger partial charge >= 0.3 is 0 Å². The van der Waals surface area contributed by atoms with Gasteiger partial charge in [0.2, 0.25) is 0 Å². The minimum atomic E-state index is -0.416. The highest BCUT2D eigenvalue weighted by molar-refractivity contribution is 7.80. The molecular weight excluding hydrogens is 412 g/mol. The molecule has 0 unspecified atom stereocenters. The monoisotopic (exact) mass is 442 g/mol. The predicted octanol–water partition coefficient (Wildman–Crippen LogP) is 3.78. The normalized spacial score (nSPS) is 12.7. The summed E-state index contributed by atoms with van der Waals surface area (Å²) in [5.74, 6) is 0.190. The molecule has 1 aliphatic rings. The van der Waals surface area contributed by atoms with Crippen LogP contribution >= 0.6 is 12.2 Å². The summed E-state index contributed by atoms with van der Waals surface area (Å²) in [6.45, 7) is 7.39. The zero-order valence-corrected chi connectivity index (χ0v) is 19.3. The molecule has 1 aliphatic heterocycles. The second kappa shape index (κ2) is 9.56. The number of nitrogens with one attached hydrogen (secondary N) is 1. The number of hydrogen-bond acceptors (Lipinski definition) is 6. The Hall–Kier alpha value is -2.80. The van der Waals surface area contributed by atoms with Crippen LogP contribution in [0.2, 0.25) is 0 Å². The zero-order valence-electron chi connectivity index (χ0n) is 18.5. The molecule has 0 radical (unpaired) electrons. The van der Waals surface area contributed by atoms with Crippen molar-refractivity contribution in [2.24, 2.45) is 0 Å². The first-order valence-electron chi connectivity index (χ1n) is 10.6. The third-order valence-corrected chi connectivity index (χ3v) is 6.02. The Morgan fingerprint density at radius 3 is 2.61 bits per heavy atom. The minimum absolute atomic E-state index is 0.0177. The van der Waals surface area contributed by atoms with Crippen molar-refractivity contribution in [1.82, 2.24) is 5.32 Å². The SMILES string of the molecule is CCc1cc(C(=O)NCC(=S)Cc2ccc(OC)c3c2CCN3C(C)C)c(O)cc1O. The first-order valence-corrected chi connectivity index (χ1v) is 11.0.